The van der Waals surface area contributed by atoms with Gasteiger partial charge in [0.25, 0.3) is 0 Å². The Hall–Kier alpha value is -1.87. The summed E-state index contributed by atoms with van der Waals surface area (Å²) in [5, 5.41) is 0. The third-order valence-electron chi connectivity index (χ3n) is 2.75. The monoisotopic (exact) mass is 227 g/mol. The van der Waals surface area contributed by atoms with Crippen molar-refractivity contribution in [3.63, 3.8) is 0 Å². The average Bonchev–Trinajstić information content (AvgIpc) is 2.79. The zero-order chi connectivity index (χ0) is 12.1. The van der Waals surface area contributed by atoms with Gasteiger partial charge in [-0.2, -0.15) is 0 Å². The molecular formula is C14H17N3. The molecule has 1 heterocycles. The first-order chi connectivity index (χ1) is 8.31. The maximum Gasteiger partial charge on any atom is 0.0951 e. The highest BCUT2D eigenvalue weighted by Crippen LogP contribution is 2.15. The van der Waals surface area contributed by atoms with Crippen molar-refractivity contribution >= 4 is 0 Å². The van der Waals surface area contributed by atoms with Crippen LogP contribution in [-0.4, -0.2) is 9.55 Å². The fourth-order valence-corrected chi connectivity index (χ4v) is 1.90. The third-order valence-corrected chi connectivity index (χ3v) is 2.75. The van der Waals surface area contributed by atoms with E-state index in [4.69, 9.17) is 5.73 Å². The summed E-state index contributed by atoms with van der Waals surface area (Å²) in [7, 11) is 0. The van der Waals surface area contributed by atoms with Gasteiger partial charge in [-0.1, -0.05) is 36.4 Å². The summed E-state index contributed by atoms with van der Waals surface area (Å²) in [6.45, 7) is 4.48. The minimum Gasteiger partial charge on any atom is -0.329 e. The molecule has 88 valence electrons. The summed E-state index contributed by atoms with van der Waals surface area (Å²) in [4.78, 5) is 4.14. The second kappa shape index (κ2) is 5.46. The molecule has 3 nitrogen and oxygen atoms in total. The number of imidazole rings is 1. The van der Waals surface area contributed by atoms with Gasteiger partial charge in [0.05, 0.1) is 18.1 Å². The molecule has 0 radical (unpaired) electrons. The zero-order valence-electron chi connectivity index (χ0n) is 9.79. The third kappa shape index (κ3) is 2.82. The van der Waals surface area contributed by atoms with E-state index in [0.29, 0.717) is 0 Å². The number of benzene rings is 1. The Morgan fingerprint density at radius 1 is 1.35 bits per heavy atom. The topological polar surface area (TPSA) is 43.8 Å². The van der Waals surface area contributed by atoms with Crippen LogP contribution in [0.25, 0.3) is 0 Å². The number of nitrogens with zero attached hydrogens (tertiary/aromatic N) is 2. The lowest BCUT2D eigenvalue weighted by molar-refractivity contribution is 0.637. The summed E-state index contributed by atoms with van der Waals surface area (Å²) < 4.78 is 2.03. The number of nitrogens with two attached hydrogens (primary N) is 1. The predicted molar refractivity (Wildman–Crippen MR) is 69.5 cm³/mol. The molecule has 1 aromatic carbocycles. The molecule has 3 heteroatoms. The van der Waals surface area contributed by atoms with E-state index in [1.165, 1.54) is 5.56 Å². The van der Waals surface area contributed by atoms with Crippen molar-refractivity contribution in [1.29, 1.82) is 0 Å². The molecule has 0 unspecified atom stereocenters. The first kappa shape index (κ1) is 11.6. The Morgan fingerprint density at radius 2 is 2.12 bits per heavy atom. The zero-order valence-corrected chi connectivity index (χ0v) is 9.79. The normalized spacial score (nSPS) is 12.3. The van der Waals surface area contributed by atoms with E-state index in [1.807, 2.05) is 35.0 Å². The Labute approximate surface area is 102 Å². The fourth-order valence-electron chi connectivity index (χ4n) is 1.90. The molecule has 0 aliphatic rings. The summed E-state index contributed by atoms with van der Waals surface area (Å²) in [6.07, 6.45) is 6.29. The minimum atomic E-state index is -0.0279. The maximum atomic E-state index is 6.21. The van der Waals surface area contributed by atoms with Gasteiger partial charge in [-0.05, 0) is 12.0 Å². The van der Waals surface area contributed by atoms with Crippen molar-refractivity contribution in [1.82, 2.24) is 9.55 Å². The van der Waals surface area contributed by atoms with Gasteiger partial charge in [0.1, 0.15) is 0 Å². The van der Waals surface area contributed by atoms with Crippen LogP contribution in [0.1, 0.15) is 17.3 Å². The molecule has 2 rings (SSSR count). The predicted octanol–water partition coefficient (Wildman–Crippen LogP) is 2.31. The van der Waals surface area contributed by atoms with Gasteiger partial charge in [-0.15, -0.1) is 6.58 Å². The van der Waals surface area contributed by atoms with Crippen molar-refractivity contribution in [2.75, 3.05) is 0 Å². The van der Waals surface area contributed by atoms with Gasteiger partial charge < -0.3 is 10.3 Å². The fraction of sp³-hybridized carbons (Fsp3) is 0.214. The van der Waals surface area contributed by atoms with E-state index in [2.05, 4.69) is 23.7 Å². The number of rotatable bonds is 5. The molecule has 0 aliphatic heterocycles. The van der Waals surface area contributed by atoms with Crippen LogP contribution < -0.4 is 5.73 Å². The molecule has 0 spiro atoms. The smallest absolute Gasteiger partial charge is 0.0951 e. The van der Waals surface area contributed by atoms with Crippen LogP contribution in [-0.2, 0) is 13.0 Å². The van der Waals surface area contributed by atoms with Crippen molar-refractivity contribution in [2.45, 2.75) is 19.0 Å². The van der Waals surface area contributed by atoms with E-state index in [-0.39, 0.29) is 6.04 Å². The Bertz CT molecular complexity index is 473. The number of hydrogen-bond donors (Lipinski definition) is 1. The Kier molecular flexibility index (Phi) is 3.73. The highest BCUT2D eigenvalue weighted by Gasteiger charge is 2.11. The molecule has 0 saturated carbocycles. The number of aromatic nitrogens is 2. The first-order valence-electron chi connectivity index (χ1n) is 5.71. The highest BCUT2D eigenvalue weighted by atomic mass is 15.1. The van der Waals surface area contributed by atoms with Gasteiger partial charge in [0, 0.05) is 12.7 Å². The molecular weight excluding hydrogens is 210 g/mol. The Morgan fingerprint density at radius 3 is 2.82 bits per heavy atom. The van der Waals surface area contributed by atoms with Crippen molar-refractivity contribution < 1.29 is 0 Å². The van der Waals surface area contributed by atoms with Crippen LogP contribution in [0.15, 0.2) is 55.5 Å². The lowest BCUT2D eigenvalue weighted by atomic mass is 10.0. The van der Waals surface area contributed by atoms with E-state index in [0.717, 1.165) is 18.7 Å². The minimum absolute atomic E-state index is 0.0279. The summed E-state index contributed by atoms with van der Waals surface area (Å²) >= 11 is 0. The van der Waals surface area contributed by atoms with Crippen LogP contribution >= 0.6 is 0 Å². The van der Waals surface area contributed by atoms with Gasteiger partial charge >= 0.3 is 0 Å². The molecule has 0 aliphatic carbocycles. The van der Waals surface area contributed by atoms with E-state index < -0.39 is 0 Å². The quantitative estimate of drug-likeness (QED) is 0.797. The molecule has 17 heavy (non-hydrogen) atoms. The van der Waals surface area contributed by atoms with Crippen LogP contribution in [0.5, 0.6) is 0 Å². The van der Waals surface area contributed by atoms with E-state index >= 15 is 0 Å². The Balaban J connectivity index is 2.11. The van der Waals surface area contributed by atoms with Crippen LogP contribution in [0.3, 0.4) is 0 Å². The van der Waals surface area contributed by atoms with Gasteiger partial charge in [0.15, 0.2) is 0 Å². The summed E-state index contributed by atoms with van der Waals surface area (Å²) in [5.41, 5.74) is 8.50. The van der Waals surface area contributed by atoms with Crippen LogP contribution in [0, 0.1) is 0 Å². The summed E-state index contributed by atoms with van der Waals surface area (Å²) in [5.74, 6) is 0. The van der Waals surface area contributed by atoms with Crippen molar-refractivity contribution in [2.24, 2.45) is 5.73 Å². The van der Waals surface area contributed by atoms with Crippen molar-refractivity contribution in [3.8, 4) is 0 Å². The average molecular weight is 227 g/mol. The second-order valence-corrected chi connectivity index (χ2v) is 4.06. The maximum absolute atomic E-state index is 6.21. The number of allylic oxidation sites excluding steroid dienone is 1. The second-order valence-electron chi connectivity index (χ2n) is 4.06. The van der Waals surface area contributed by atoms with Gasteiger partial charge in [-0.25, -0.2) is 4.98 Å². The largest absolute Gasteiger partial charge is 0.329 e. The highest BCUT2D eigenvalue weighted by molar-refractivity contribution is 5.18. The number of hydrogen-bond acceptors (Lipinski definition) is 2. The molecule has 0 amide bonds. The molecule has 0 fully saturated rings. The molecule has 1 atom stereocenters. The standard InChI is InChI=1S/C14H17N3/c1-2-8-17-11-16-10-14(17)13(15)9-12-6-4-3-5-7-12/h2-7,10-11,13H,1,8-9,15H2/t13-/m1/s1. The van der Waals surface area contributed by atoms with E-state index in [9.17, 15) is 0 Å². The molecule has 0 saturated heterocycles. The van der Waals surface area contributed by atoms with Crippen molar-refractivity contribution in [3.05, 3.63) is 66.8 Å². The SMILES string of the molecule is C=CCn1cncc1[C@H](N)Cc1ccccc1. The van der Waals surface area contributed by atoms with Crippen LogP contribution in [0.2, 0.25) is 0 Å². The summed E-state index contributed by atoms with van der Waals surface area (Å²) in [6, 6.07) is 10.2. The van der Waals surface area contributed by atoms with Gasteiger partial charge in [-0.3, -0.25) is 0 Å². The lowest BCUT2D eigenvalue weighted by Gasteiger charge is -2.13. The molecule has 0 bridgehead atoms. The molecule has 2 aromatic rings. The first-order valence-corrected chi connectivity index (χ1v) is 5.71. The van der Waals surface area contributed by atoms with Gasteiger partial charge in [0.2, 0.25) is 0 Å². The molecule has 2 N–H and O–H groups in total. The van der Waals surface area contributed by atoms with Crippen LogP contribution in [0.4, 0.5) is 0 Å². The lowest BCUT2D eigenvalue weighted by Crippen LogP contribution is -2.17. The van der Waals surface area contributed by atoms with E-state index in [1.54, 1.807) is 6.33 Å². The molecule has 1 aromatic heterocycles.